The molecule has 50 valence electrons. The average molecular weight is 214 g/mol. The summed E-state index contributed by atoms with van der Waals surface area (Å²) >= 11 is 3.07. The molecule has 1 nitrogen and oxygen atoms in total. The summed E-state index contributed by atoms with van der Waals surface area (Å²) in [7, 11) is 0.136. The minimum atomic E-state index is 0.136. The Balaban J connectivity index is 2.70. The van der Waals surface area contributed by atoms with Crippen molar-refractivity contribution in [2.45, 2.75) is 4.90 Å². The molecular weight excluding hydrogens is 209 g/mol. The van der Waals surface area contributed by atoms with Crippen LogP contribution in [-0.4, -0.2) is 19.9 Å². The van der Waals surface area contributed by atoms with E-state index in [9.17, 15) is 0 Å². The normalized spacial score (nSPS) is 21.0. The van der Waals surface area contributed by atoms with Gasteiger partial charge in [0.15, 0.2) is 0 Å². The van der Waals surface area contributed by atoms with Crippen molar-refractivity contribution in [2.75, 3.05) is 0 Å². The van der Waals surface area contributed by atoms with Crippen LogP contribution in [0.15, 0.2) is 34.2 Å². The van der Waals surface area contributed by atoms with Gasteiger partial charge in [0.2, 0.25) is 0 Å². The Labute approximate surface area is 68.8 Å². The second kappa shape index (κ2) is 2.42. The molecule has 0 fully saturated rings. The molecule has 0 aromatic heterocycles. The van der Waals surface area contributed by atoms with E-state index in [1.807, 2.05) is 23.7 Å². The van der Waals surface area contributed by atoms with Gasteiger partial charge in [0, 0.05) is 0 Å². The van der Waals surface area contributed by atoms with Gasteiger partial charge < -0.3 is 0 Å². The molecule has 0 saturated carbocycles. The minimum absolute atomic E-state index is 0.136. The maximum absolute atomic E-state index is 4.24. The summed E-state index contributed by atoms with van der Waals surface area (Å²) in [6.07, 6.45) is 0. The Bertz CT molecular complexity index is 319. The number of para-hydroxylation sites is 1. The molecule has 1 aromatic rings. The van der Waals surface area contributed by atoms with Crippen LogP contribution in [0.1, 0.15) is 0 Å². The quantitative estimate of drug-likeness (QED) is 0.586. The Hall–Kier alpha value is -0.241. The summed E-state index contributed by atoms with van der Waals surface area (Å²) in [5, 5.41) is 0. The standard InChI is InChI=1S/C7H5NSSe/c10-9-5-8-6-3-1-2-4-7(6)9/h1-5H. The van der Waals surface area contributed by atoms with Gasteiger partial charge in [-0.3, -0.25) is 0 Å². The van der Waals surface area contributed by atoms with Gasteiger partial charge in [-0.15, -0.1) is 0 Å². The van der Waals surface area contributed by atoms with Crippen LogP contribution in [0.2, 0.25) is 0 Å². The molecule has 1 aliphatic heterocycles. The number of hydrogen-bond acceptors (Lipinski definition) is 1. The molecule has 1 unspecified atom stereocenters. The van der Waals surface area contributed by atoms with E-state index in [1.54, 1.807) is 0 Å². The van der Waals surface area contributed by atoms with Crippen molar-refractivity contribution in [2.24, 2.45) is 4.99 Å². The predicted octanol–water partition coefficient (Wildman–Crippen LogP) is 2.07. The van der Waals surface area contributed by atoms with Crippen LogP contribution in [0, 0.1) is 0 Å². The van der Waals surface area contributed by atoms with Gasteiger partial charge in [0.1, 0.15) is 0 Å². The van der Waals surface area contributed by atoms with Crippen LogP contribution in [0.3, 0.4) is 0 Å². The molecule has 3 heteroatoms. The van der Waals surface area contributed by atoms with Crippen LogP contribution in [0.4, 0.5) is 5.69 Å². The van der Waals surface area contributed by atoms with Crippen molar-refractivity contribution in [1.82, 2.24) is 0 Å². The Morgan fingerprint density at radius 3 is 2.90 bits per heavy atom. The van der Waals surface area contributed by atoms with E-state index >= 15 is 0 Å². The summed E-state index contributed by atoms with van der Waals surface area (Å²) in [5.74, 6) is 0. The molecule has 2 rings (SSSR count). The van der Waals surface area contributed by atoms with Gasteiger partial charge in [-0.2, -0.15) is 0 Å². The second-order valence-electron chi connectivity index (χ2n) is 2.00. The van der Waals surface area contributed by atoms with Gasteiger partial charge in [-0.25, -0.2) is 0 Å². The number of fused-ring (bicyclic) bond motifs is 1. The fourth-order valence-electron chi connectivity index (χ4n) is 0.895. The fourth-order valence-corrected chi connectivity index (χ4v) is 2.92. The molecule has 0 saturated heterocycles. The number of hydrogen-bond donors (Lipinski definition) is 0. The second-order valence-corrected chi connectivity index (χ2v) is 5.51. The number of aliphatic imine (C=N–C) groups is 1. The molecule has 0 aliphatic carbocycles. The van der Waals surface area contributed by atoms with E-state index in [2.05, 4.69) is 25.4 Å². The fraction of sp³-hybridized carbons (Fsp3) is 0. The Kier molecular flexibility index (Phi) is 1.57. The molecule has 10 heavy (non-hydrogen) atoms. The first kappa shape index (κ1) is 6.47. The molecule has 1 aromatic carbocycles. The summed E-state index contributed by atoms with van der Waals surface area (Å²) < 4.78 is 0. The Morgan fingerprint density at radius 2 is 2.10 bits per heavy atom. The topological polar surface area (TPSA) is 12.4 Å². The van der Waals surface area contributed by atoms with E-state index in [4.69, 9.17) is 0 Å². The molecule has 0 radical (unpaired) electrons. The van der Waals surface area contributed by atoms with Crippen molar-refractivity contribution in [3.8, 4) is 0 Å². The van der Waals surface area contributed by atoms with Gasteiger partial charge in [-0.1, -0.05) is 0 Å². The zero-order chi connectivity index (χ0) is 6.97. The van der Waals surface area contributed by atoms with Gasteiger partial charge in [0.25, 0.3) is 0 Å². The van der Waals surface area contributed by atoms with E-state index < -0.39 is 0 Å². The summed E-state index contributed by atoms with van der Waals surface area (Å²) in [6.45, 7) is 0. The van der Waals surface area contributed by atoms with E-state index in [0.29, 0.717) is 0 Å². The van der Waals surface area contributed by atoms with Crippen LogP contribution in [0.25, 0.3) is 0 Å². The molecule has 0 amide bonds. The molecule has 1 aliphatic rings. The third kappa shape index (κ3) is 0.908. The van der Waals surface area contributed by atoms with Crippen LogP contribution in [-0.2, 0) is 0 Å². The van der Waals surface area contributed by atoms with Crippen molar-refractivity contribution >= 4 is 34.4 Å². The molecule has 0 N–H and O–H groups in total. The molecular formula is C7H5NSSe. The summed E-state index contributed by atoms with van der Waals surface area (Å²) in [5.41, 5.74) is 3.08. The molecule has 1 atom stereocenters. The first-order valence-electron chi connectivity index (χ1n) is 2.92. The van der Waals surface area contributed by atoms with Crippen LogP contribution >= 0.6 is 8.82 Å². The third-order valence-corrected chi connectivity index (χ3v) is 4.12. The predicted molar refractivity (Wildman–Crippen MR) is 46.2 cm³/mol. The molecule has 0 spiro atoms. The summed E-state index contributed by atoms with van der Waals surface area (Å²) in [6, 6.07) is 8.21. The molecule has 1 heterocycles. The van der Waals surface area contributed by atoms with Gasteiger partial charge in [-0.05, 0) is 0 Å². The monoisotopic (exact) mass is 215 g/mol. The van der Waals surface area contributed by atoms with Gasteiger partial charge >= 0.3 is 68.6 Å². The van der Waals surface area contributed by atoms with Gasteiger partial charge in [0.05, 0.1) is 0 Å². The number of rotatable bonds is 0. The molecule has 0 bridgehead atoms. The first-order chi connectivity index (χ1) is 4.88. The maximum atomic E-state index is 4.24. The SMILES string of the molecule is [Se]=S1C=Nc2ccccc21. The summed E-state index contributed by atoms with van der Waals surface area (Å²) in [4.78, 5) is 5.56. The van der Waals surface area contributed by atoms with E-state index in [0.717, 1.165) is 5.69 Å². The first-order valence-corrected chi connectivity index (χ1v) is 6.23. The van der Waals surface area contributed by atoms with E-state index in [-0.39, 0.29) is 8.82 Å². The van der Waals surface area contributed by atoms with Crippen molar-refractivity contribution in [3.63, 3.8) is 0 Å². The number of nitrogens with zero attached hydrogens (tertiary/aromatic N) is 1. The average Bonchev–Trinajstić information content (AvgIpc) is 2.34. The zero-order valence-electron chi connectivity index (χ0n) is 5.15. The number of benzene rings is 1. The Morgan fingerprint density at radius 1 is 1.30 bits per heavy atom. The van der Waals surface area contributed by atoms with E-state index in [1.165, 1.54) is 4.90 Å². The van der Waals surface area contributed by atoms with Crippen LogP contribution < -0.4 is 0 Å². The van der Waals surface area contributed by atoms with Crippen molar-refractivity contribution < 1.29 is 0 Å². The van der Waals surface area contributed by atoms with Crippen molar-refractivity contribution in [3.05, 3.63) is 24.3 Å². The third-order valence-electron chi connectivity index (χ3n) is 1.37. The van der Waals surface area contributed by atoms with Crippen LogP contribution in [0.5, 0.6) is 0 Å². The zero-order valence-corrected chi connectivity index (χ0v) is 7.68. The van der Waals surface area contributed by atoms with Crippen molar-refractivity contribution in [1.29, 1.82) is 0 Å².